The number of amides is 2. The number of anilines is 2. The fraction of sp³-hybridized carbons (Fsp3) is 0.545. The van der Waals surface area contributed by atoms with Crippen molar-refractivity contribution in [3.05, 3.63) is 83.9 Å². The van der Waals surface area contributed by atoms with Crippen LogP contribution in [0.4, 0.5) is 11.4 Å². The molecule has 0 aromatic heterocycles. The second kappa shape index (κ2) is 14.4. The molecule has 7 rings (SSSR count). The van der Waals surface area contributed by atoms with Crippen molar-refractivity contribution in [3.63, 3.8) is 0 Å². The summed E-state index contributed by atoms with van der Waals surface area (Å²) in [5.74, 6) is 2.72. The molecule has 272 valence electrons. The maximum Gasteiger partial charge on any atom is 0.255 e. The third kappa shape index (κ3) is 6.96. The van der Waals surface area contributed by atoms with Gasteiger partial charge in [0.15, 0.2) is 0 Å². The summed E-state index contributed by atoms with van der Waals surface area (Å²) in [6.07, 6.45) is 9.34. The minimum atomic E-state index is -0.261. The average molecular weight is 692 g/mol. The molecule has 4 fully saturated rings. The Balaban J connectivity index is 0.885. The predicted octanol–water partition coefficient (Wildman–Crippen LogP) is 8.21. The van der Waals surface area contributed by atoms with Gasteiger partial charge < -0.3 is 26.6 Å². The fourth-order valence-electron chi connectivity index (χ4n) is 11.5. The van der Waals surface area contributed by atoms with E-state index in [0.717, 1.165) is 48.8 Å². The Morgan fingerprint density at radius 2 is 1.59 bits per heavy atom. The third-order valence-electron chi connectivity index (χ3n) is 14.4. The second-order valence-corrected chi connectivity index (χ2v) is 17.1. The number of nitrogens with two attached hydrogens (primary N) is 1. The van der Waals surface area contributed by atoms with E-state index in [0.29, 0.717) is 65.4 Å². The molecule has 51 heavy (non-hydrogen) atoms. The van der Waals surface area contributed by atoms with Gasteiger partial charge >= 0.3 is 0 Å². The van der Waals surface area contributed by atoms with E-state index in [2.05, 4.69) is 31.4 Å². The van der Waals surface area contributed by atoms with Crippen molar-refractivity contribution in [2.75, 3.05) is 11.1 Å². The number of benzene rings is 3. The SMILES string of the molecule is C[C@H](CCC(=O)NCc1ccc(C(=O)Nc2ccc(-c3ccccc3)cc2N)cc1)[C@H]1CC[C@H]2[C@@H]3[C@@H](O)C[C@@H]4C[C@H](O)CC[C@]4(C)[C@H]3CC[C@]12C. The molecule has 6 N–H and O–H groups in total. The molecule has 10 atom stereocenters. The molecule has 0 saturated heterocycles. The van der Waals surface area contributed by atoms with Gasteiger partial charge in [0.25, 0.3) is 5.91 Å². The molecule has 4 saturated carbocycles. The molecule has 0 heterocycles. The van der Waals surface area contributed by atoms with Gasteiger partial charge in [-0.25, -0.2) is 0 Å². The average Bonchev–Trinajstić information content (AvgIpc) is 3.49. The smallest absolute Gasteiger partial charge is 0.255 e. The number of nitrogen functional groups attached to an aromatic ring is 1. The van der Waals surface area contributed by atoms with Crippen molar-refractivity contribution >= 4 is 23.2 Å². The molecule has 7 heteroatoms. The van der Waals surface area contributed by atoms with Crippen molar-refractivity contribution in [2.24, 2.45) is 46.3 Å². The Bertz CT molecular complexity index is 1710. The van der Waals surface area contributed by atoms with E-state index in [1.165, 1.54) is 25.7 Å². The van der Waals surface area contributed by atoms with Gasteiger partial charge in [-0.1, -0.05) is 69.3 Å². The number of hydrogen-bond acceptors (Lipinski definition) is 5. The molecule has 3 aromatic carbocycles. The topological polar surface area (TPSA) is 125 Å². The highest BCUT2D eigenvalue weighted by molar-refractivity contribution is 6.06. The summed E-state index contributed by atoms with van der Waals surface area (Å²) in [5.41, 5.74) is 11.3. The van der Waals surface area contributed by atoms with Crippen molar-refractivity contribution in [2.45, 2.75) is 104 Å². The van der Waals surface area contributed by atoms with E-state index < -0.39 is 0 Å². The van der Waals surface area contributed by atoms with Crippen LogP contribution in [-0.4, -0.2) is 34.2 Å². The van der Waals surface area contributed by atoms with Crippen molar-refractivity contribution in [3.8, 4) is 11.1 Å². The summed E-state index contributed by atoms with van der Waals surface area (Å²) < 4.78 is 0. The first-order chi connectivity index (χ1) is 24.5. The van der Waals surface area contributed by atoms with Crippen LogP contribution in [0.1, 0.15) is 101 Å². The van der Waals surface area contributed by atoms with E-state index in [9.17, 15) is 19.8 Å². The lowest BCUT2D eigenvalue weighted by Gasteiger charge is -2.62. The lowest BCUT2D eigenvalue weighted by Crippen LogP contribution is -2.58. The molecule has 0 bridgehead atoms. The number of rotatable bonds is 9. The van der Waals surface area contributed by atoms with Crippen LogP contribution in [0, 0.1) is 46.3 Å². The van der Waals surface area contributed by atoms with E-state index in [-0.39, 0.29) is 34.9 Å². The van der Waals surface area contributed by atoms with Gasteiger partial charge in [0.2, 0.25) is 5.91 Å². The van der Waals surface area contributed by atoms with Gasteiger partial charge in [0.1, 0.15) is 0 Å². The normalized spacial score (nSPS) is 33.3. The summed E-state index contributed by atoms with van der Waals surface area (Å²) >= 11 is 0. The number of nitrogens with one attached hydrogen (secondary N) is 2. The number of carbonyl (C=O) groups excluding carboxylic acids is 2. The summed E-state index contributed by atoms with van der Waals surface area (Å²) in [4.78, 5) is 26.0. The van der Waals surface area contributed by atoms with Crippen molar-refractivity contribution in [1.82, 2.24) is 5.32 Å². The quantitative estimate of drug-likeness (QED) is 0.145. The van der Waals surface area contributed by atoms with Crippen molar-refractivity contribution < 1.29 is 19.8 Å². The molecule has 4 aliphatic rings. The van der Waals surface area contributed by atoms with Gasteiger partial charge in [-0.2, -0.15) is 0 Å². The van der Waals surface area contributed by atoms with E-state index in [4.69, 9.17) is 5.73 Å². The monoisotopic (exact) mass is 691 g/mol. The number of carbonyl (C=O) groups is 2. The van der Waals surface area contributed by atoms with Crippen LogP contribution in [-0.2, 0) is 11.3 Å². The van der Waals surface area contributed by atoms with Gasteiger partial charge in [0.05, 0.1) is 23.6 Å². The first kappa shape index (κ1) is 35.7. The van der Waals surface area contributed by atoms with Crippen molar-refractivity contribution in [1.29, 1.82) is 0 Å². The zero-order valence-corrected chi connectivity index (χ0v) is 30.6. The van der Waals surface area contributed by atoms with E-state index >= 15 is 0 Å². The van der Waals surface area contributed by atoms with Crippen LogP contribution in [0.25, 0.3) is 11.1 Å². The molecule has 0 spiro atoms. The molecule has 7 nitrogen and oxygen atoms in total. The van der Waals surface area contributed by atoms with Crippen LogP contribution in [0.15, 0.2) is 72.8 Å². The van der Waals surface area contributed by atoms with Gasteiger partial charge in [-0.15, -0.1) is 0 Å². The molecule has 0 unspecified atom stereocenters. The fourth-order valence-corrected chi connectivity index (χ4v) is 11.5. The van der Waals surface area contributed by atoms with Crippen LogP contribution in [0.5, 0.6) is 0 Å². The molecular formula is C44H57N3O4. The molecule has 3 aromatic rings. The number of aliphatic hydroxyl groups excluding tert-OH is 2. The van der Waals surface area contributed by atoms with Gasteiger partial charge in [-0.05, 0) is 145 Å². The van der Waals surface area contributed by atoms with Gasteiger partial charge in [0, 0.05) is 18.5 Å². The summed E-state index contributed by atoms with van der Waals surface area (Å²) in [7, 11) is 0. The maximum absolute atomic E-state index is 13.0. The third-order valence-corrected chi connectivity index (χ3v) is 14.4. The summed E-state index contributed by atoms with van der Waals surface area (Å²) in [6, 6.07) is 22.9. The highest BCUT2D eigenvalue weighted by Crippen LogP contribution is 2.68. The summed E-state index contributed by atoms with van der Waals surface area (Å²) in [5, 5.41) is 28.0. The highest BCUT2D eigenvalue weighted by atomic mass is 16.3. The number of aliphatic hydroxyl groups is 2. The lowest BCUT2D eigenvalue weighted by atomic mass is 9.43. The minimum Gasteiger partial charge on any atom is -0.397 e. The van der Waals surface area contributed by atoms with E-state index in [1.807, 2.05) is 60.7 Å². The lowest BCUT2D eigenvalue weighted by molar-refractivity contribution is -0.174. The standard InChI is InChI=1S/C44H57N3O4/c1-27(34-15-16-35-41-36(20-22-44(34,35)3)43(2)21-19-33(48)24-32(43)25-39(41)49)9-18-40(50)46-26-28-10-12-30(13-11-28)42(51)47-38-17-14-31(23-37(38)45)29-7-5-4-6-8-29/h4-8,10-14,17,23,27,32-36,39,41,48-49H,9,15-16,18-22,24-26,45H2,1-3H3,(H,46,50)(H,47,51)/t27-,32+,33-,34-,35+,36+,39+,41+,43+,44-/m1/s1. The zero-order chi connectivity index (χ0) is 35.9. The Morgan fingerprint density at radius 3 is 2.33 bits per heavy atom. The Kier molecular flexibility index (Phi) is 10.1. The zero-order valence-electron chi connectivity index (χ0n) is 30.6. The maximum atomic E-state index is 13.0. The highest BCUT2D eigenvalue weighted by Gasteiger charge is 2.62. The predicted molar refractivity (Wildman–Crippen MR) is 204 cm³/mol. The Hall–Kier alpha value is -3.68. The first-order valence-corrected chi connectivity index (χ1v) is 19.4. The Morgan fingerprint density at radius 1 is 0.863 bits per heavy atom. The number of hydrogen-bond donors (Lipinski definition) is 5. The number of fused-ring (bicyclic) bond motifs is 5. The van der Waals surface area contributed by atoms with Crippen LogP contribution < -0.4 is 16.4 Å². The summed E-state index contributed by atoms with van der Waals surface area (Å²) in [6.45, 7) is 7.72. The van der Waals surface area contributed by atoms with Crippen LogP contribution >= 0.6 is 0 Å². The Labute approximate surface area is 303 Å². The largest absolute Gasteiger partial charge is 0.397 e. The molecular weight excluding hydrogens is 635 g/mol. The minimum absolute atomic E-state index is 0.0580. The first-order valence-electron chi connectivity index (χ1n) is 19.4. The molecule has 4 aliphatic carbocycles. The molecule has 0 aliphatic heterocycles. The molecule has 0 radical (unpaired) electrons. The molecule has 2 amide bonds. The van der Waals surface area contributed by atoms with Gasteiger partial charge in [-0.3, -0.25) is 9.59 Å². The second-order valence-electron chi connectivity index (χ2n) is 17.1. The van der Waals surface area contributed by atoms with E-state index in [1.54, 1.807) is 12.1 Å². The van der Waals surface area contributed by atoms with Crippen LogP contribution in [0.2, 0.25) is 0 Å². The van der Waals surface area contributed by atoms with Crippen LogP contribution in [0.3, 0.4) is 0 Å².